The molecule has 0 radical (unpaired) electrons. The molecule has 0 aliphatic heterocycles. The summed E-state index contributed by atoms with van der Waals surface area (Å²) >= 11 is 12.6. The van der Waals surface area contributed by atoms with Crippen LogP contribution in [0.25, 0.3) is 0 Å². The minimum atomic E-state index is -4.23. The number of aryl methyl sites for hydroxylation is 2. The number of anilines is 1. The largest absolute Gasteiger partial charge is 0.354 e. The Bertz CT molecular complexity index is 1750. The summed E-state index contributed by atoms with van der Waals surface area (Å²) in [5, 5.41) is 3.81. The predicted molar refractivity (Wildman–Crippen MR) is 186 cm³/mol. The number of rotatable bonds is 14. The smallest absolute Gasteiger partial charge is 0.264 e. The van der Waals surface area contributed by atoms with Gasteiger partial charge in [0, 0.05) is 29.6 Å². The molecule has 0 unspecified atom stereocenters. The van der Waals surface area contributed by atoms with E-state index in [1.807, 2.05) is 63.2 Å². The van der Waals surface area contributed by atoms with Crippen LogP contribution in [0.5, 0.6) is 0 Å². The van der Waals surface area contributed by atoms with E-state index in [2.05, 4.69) is 5.32 Å². The number of halogens is 2. The van der Waals surface area contributed by atoms with Gasteiger partial charge in [-0.25, -0.2) is 8.42 Å². The second-order valence-corrected chi connectivity index (χ2v) is 13.9. The normalized spacial score (nSPS) is 11.9. The summed E-state index contributed by atoms with van der Waals surface area (Å²) in [6, 6.07) is 26.7. The van der Waals surface area contributed by atoms with Gasteiger partial charge < -0.3 is 10.2 Å². The Labute approximate surface area is 282 Å². The van der Waals surface area contributed by atoms with Gasteiger partial charge in [-0.3, -0.25) is 13.9 Å². The number of nitrogens with one attached hydrogen (secondary N) is 1. The van der Waals surface area contributed by atoms with Crippen LogP contribution in [0.1, 0.15) is 42.0 Å². The monoisotopic (exact) mass is 679 g/mol. The lowest BCUT2D eigenvalue weighted by Gasteiger charge is -2.34. The molecule has 0 saturated carbocycles. The van der Waals surface area contributed by atoms with Crippen LogP contribution in [0.2, 0.25) is 10.0 Å². The molecule has 10 heteroatoms. The van der Waals surface area contributed by atoms with Crippen molar-refractivity contribution in [2.45, 2.75) is 57.5 Å². The van der Waals surface area contributed by atoms with Crippen LogP contribution in [0, 0.1) is 13.8 Å². The number of benzene rings is 4. The minimum Gasteiger partial charge on any atom is -0.354 e. The maximum atomic E-state index is 14.6. The van der Waals surface area contributed by atoms with Crippen LogP contribution in [-0.4, -0.2) is 44.3 Å². The van der Waals surface area contributed by atoms with Gasteiger partial charge in [0.2, 0.25) is 11.8 Å². The number of carbonyl (C=O) groups is 2. The minimum absolute atomic E-state index is 0.00103. The summed E-state index contributed by atoms with van der Waals surface area (Å²) in [6.07, 6.45) is 1.89. The average Bonchev–Trinajstić information content (AvgIpc) is 3.04. The highest BCUT2D eigenvalue weighted by molar-refractivity contribution is 7.92. The lowest BCUT2D eigenvalue weighted by molar-refractivity contribution is -0.140. The molecule has 0 aliphatic carbocycles. The Morgan fingerprint density at radius 1 is 0.848 bits per heavy atom. The molecule has 0 saturated heterocycles. The SMILES string of the molecule is CCCCNC(=O)[C@@H](Cc1ccccc1)N(Cc1ccccc1Cl)C(=O)CN(c1ccc(C)c(C)c1)S(=O)(=O)c1ccc(Cl)cc1. The van der Waals surface area contributed by atoms with E-state index in [0.717, 1.165) is 33.8 Å². The Kier molecular flexibility index (Phi) is 12.3. The second kappa shape index (κ2) is 16.1. The zero-order valence-electron chi connectivity index (χ0n) is 26.2. The molecule has 0 aromatic heterocycles. The van der Waals surface area contributed by atoms with E-state index in [-0.39, 0.29) is 23.8 Å². The number of amides is 2. The lowest BCUT2D eigenvalue weighted by Crippen LogP contribution is -2.53. The Morgan fingerprint density at radius 3 is 2.17 bits per heavy atom. The molecule has 4 rings (SSSR count). The first-order valence-corrected chi connectivity index (χ1v) is 17.4. The van der Waals surface area contributed by atoms with E-state index < -0.39 is 28.5 Å². The Balaban J connectivity index is 1.81. The fraction of sp³-hybridized carbons (Fsp3) is 0.278. The van der Waals surface area contributed by atoms with Gasteiger partial charge in [0.1, 0.15) is 12.6 Å². The van der Waals surface area contributed by atoms with Crippen LogP contribution in [0.15, 0.2) is 102 Å². The summed E-state index contributed by atoms with van der Waals surface area (Å²) < 4.78 is 29.5. The summed E-state index contributed by atoms with van der Waals surface area (Å²) in [5.74, 6) is -0.877. The van der Waals surface area contributed by atoms with E-state index in [4.69, 9.17) is 23.2 Å². The van der Waals surface area contributed by atoms with Crippen molar-refractivity contribution >= 4 is 50.7 Å². The van der Waals surface area contributed by atoms with Crippen LogP contribution in [0.3, 0.4) is 0 Å². The van der Waals surface area contributed by atoms with Crippen molar-refractivity contribution in [3.8, 4) is 0 Å². The molecule has 4 aromatic rings. The third-order valence-corrected chi connectivity index (χ3v) is 10.3. The molecular weight excluding hydrogens is 641 g/mol. The number of unbranched alkanes of at least 4 members (excludes halogenated alkanes) is 1. The van der Waals surface area contributed by atoms with E-state index in [9.17, 15) is 18.0 Å². The van der Waals surface area contributed by atoms with Gasteiger partial charge in [0.25, 0.3) is 10.0 Å². The zero-order chi connectivity index (χ0) is 33.3. The van der Waals surface area contributed by atoms with Gasteiger partial charge in [-0.2, -0.15) is 0 Å². The van der Waals surface area contributed by atoms with Crippen LogP contribution in [0.4, 0.5) is 5.69 Å². The van der Waals surface area contributed by atoms with E-state index in [1.54, 1.807) is 30.3 Å². The van der Waals surface area contributed by atoms with Gasteiger partial charge in [0.05, 0.1) is 10.6 Å². The molecule has 7 nitrogen and oxygen atoms in total. The van der Waals surface area contributed by atoms with Crippen molar-refractivity contribution in [3.05, 3.63) is 129 Å². The molecule has 242 valence electrons. The topological polar surface area (TPSA) is 86.8 Å². The third-order valence-electron chi connectivity index (χ3n) is 7.86. The van der Waals surface area contributed by atoms with Crippen molar-refractivity contribution < 1.29 is 18.0 Å². The Morgan fingerprint density at radius 2 is 1.52 bits per heavy atom. The average molecular weight is 681 g/mol. The van der Waals surface area contributed by atoms with E-state index in [1.165, 1.54) is 29.2 Å². The molecular formula is C36H39Cl2N3O4S. The molecule has 1 atom stereocenters. The molecule has 2 amide bonds. The molecule has 0 spiro atoms. The molecule has 0 aliphatic rings. The molecule has 0 heterocycles. The van der Waals surface area contributed by atoms with Crippen molar-refractivity contribution in [2.75, 3.05) is 17.4 Å². The number of nitrogens with zero attached hydrogens (tertiary/aromatic N) is 2. The number of hydrogen-bond acceptors (Lipinski definition) is 4. The summed E-state index contributed by atoms with van der Waals surface area (Å²) in [5.41, 5.74) is 3.67. The van der Waals surface area contributed by atoms with Crippen molar-refractivity contribution in [1.29, 1.82) is 0 Å². The highest BCUT2D eigenvalue weighted by Crippen LogP contribution is 2.28. The standard InChI is InChI=1S/C36H39Cl2N3O4S/c1-4-5-21-39-36(43)34(23-28-11-7-6-8-12-28)40(24-29-13-9-10-14-33(29)38)35(42)25-41(31-18-15-26(2)27(3)22-31)46(44,45)32-19-16-30(37)17-20-32/h6-20,22,34H,4-5,21,23-25H2,1-3H3,(H,39,43)/t34-/m1/s1. The van der Waals surface area contributed by atoms with E-state index in [0.29, 0.717) is 27.8 Å². The Hall–Kier alpha value is -3.85. The molecule has 46 heavy (non-hydrogen) atoms. The maximum absolute atomic E-state index is 14.6. The molecule has 1 N–H and O–H groups in total. The van der Waals surface area contributed by atoms with Crippen LogP contribution in [-0.2, 0) is 32.6 Å². The second-order valence-electron chi connectivity index (χ2n) is 11.2. The van der Waals surface area contributed by atoms with Gasteiger partial charge in [-0.15, -0.1) is 0 Å². The maximum Gasteiger partial charge on any atom is 0.264 e. The quantitative estimate of drug-likeness (QED) is 0.141. The fourth-order valence-electron chi connectivity index (χ4n) is 5.01. The highest BCUT2D eigenvalue weighted by atomic mass is 35.5. The van der Waals surface area contributed by atoms with Crippen molar-refractivity contribution in [2.24, 2.45) is 0 Å². The van der Waals surface area contributed by atoms with Crippen LogP contribution >= 0.6 is 23.2 Å². The first-order chi connectivity index (χ1) is 22.0. The van der Waals surface area contributed by atoms with E-state index >= 15 is 0 Å². The van der Waals surface area contributed by atoms with Crippen molar-refractivity contribution in [3.63, 3.8) is 0 Å². The summed E-state index contributed by atoms with van der Waals surface area (Å²) in [7, 11) is -4.23. The molecule has 0 bridgehead atoms. The summed E-state index contributed by atoms with van der Waals surface area (Å²) in [4.78, 5) is 29.8. The number of sulfonamides is 1. The lowest BCUT2D eigenvalue weighted by atomic mass is 10.0. The first kappa shape index (κ1) is 35.0. The van der Waals surface area contributed by atoms with Crippen LogP contribution < -0.4 is 9.62 Å². The first-order valence-electron chi connectivity index (χ1n) is 15.2. The third kappa shape index (κ3) is 8.90. The fourth-order valence-corrected chi connectivity index (χ4v) is 6.74. The van der Waals surface area contributed by atoms with Gasteiger partial charge in [-0.05, 0) is 85.0 Å². The number of hydrogen-bond donors (Lipinski definition) is 1. The zero-order valence-corrected chi connectivity index (χ0v) is 28.6. The molecule has 4 aromatic carbocycles. The van der Waals surface area contributed by atoms with Gasteiger partial charge in [0.15, 0.2) is 0 Å². The summed E-state index contributed by atoms with van der Waals surface area (Å²) in [6.45, 7) is 5.75. The van der Waals surface area contributed by atoms with Gasteiger partial charge >= 0.3 is 0 Å². The van der Waals surface area contributed by atoms with Gasteiger partial charge in [-0.1, -0.05) is 91.1 Å². The number of carbonyl (C=O) groups excluding carboxylic acids is 2. The van der Waals surface area contributed by atoms with Crippen molar-refractivity contribution in [1.82, 2.24) is 10.2 Å². The predicted octanol–water partition coefficient (Wildman–Crippen LogP) is 7.36. The highest BCUT2D eigenvalue weighted by Gasteiger charge is 2.35. The molecule has 0 fully saturated rings.